The van der Waals surface area contributed by atoms with Gasteiger partial charge in [0.05, 0.1) is 37.4 Å². The van der Waals surface area contributed by atoms with Crippen LogP contribution in [0.1, 0.15) is 34.8 Å². The molecule has 1 saturated heterocycles. The number of nitrogens with one attached hydrogen (secondary N) is 1. The van der Waals surface area contributed by atoms with Gasteiger partial charge in [-0.3, -0.25) is 14.0 Å². The maximum Gasteiger partial charge on any atom is 0.251 e. The maximum atomic E-state index is 13.4. The highest BCUT2D eigenvalue weighted by atomic mass is 32.2. The molecule has 0 saturated carbocycles. The van der Waals surface area contributed by atoms with Crippen molar-refractivity contribution in [2.75, 3.05) is 37.5 Å². The number of benzene rings is 3. The van der Waals surface area contributed by atoms with Crippen molar-refractivity contribution in [3.05, 3.63) is 95.6 Å². The van der Waals surface area contributed by atoms with Crippen molar-refractivity contribution in [1.82, 2.24) is 10.2 Å². The van der Waals surface area contributed by atoms with Gasteiger partial charge in [-0.05, 0) is 54.3 Å². The molecule has 0 bridgehead atoms. The molecule has 4 rings (SSSR count). The highest BCUT2D eigenvalue weighted by Gasteiger charge is 2.32. The Morgan fingerprint density at radius 3 is 2.56 bits per heavy atom. The highest BCUT2D eigenvalue weighted by Crippen LogP contribution is 2.22. The van der Waals surface area contributed by atoms with E-state index in [1.807, 2.05) is 55.5 Å². The first-order chi connectivity index (χ1) is 18.8. The SMILES string of the molecule is CCCS(=O)(=O)N(C)c1cccc(C(=O)N[C@@H](Cc2ccccc2)[C@H]2CN(Cc3cccc(OC)c3)CO2)c1. The first-order valence-electron chi connectivity index (χ1n) is 13.2. The summed E-state index contributed by atoms with van der Waals surface area (Å²) in [6.45, 7) is 3.65. The van der Waals surface area contributed by atoms with Crippen LogP contribution in [-0.4, -0.2) is 64.6 Å². The Labute approximate surface area is 231 Å². The molecule has 1 aliphatic heterocycles. The zero-order chi connectivity index (χ0) is 27.8. The third-order valence-corrected chi connectivity index (χ3v) is 8.83. The van der Waals surface area contributed by atoms with E-state index in [9.17, 15) is 13.2 Å². The number of ether oxygens (including phenoxy) is 2. The smallest absolute Gasteiger partial charge is 0.251 e. The van der Waals surface area contributed by atoms with E-state index in [-0.39, 0.29) is 23.8 Å². The quantitative estimate of drug-likeness (QED) is 0.365. The van der Waals surface area contributed by atoms with Gasteiger partial charge in [-0.1, -0.05) is 55.5 Å². The van der Waals surface area contributed by atoms with Crippen molar-refractivity contribution in [2.45, 2.75) is 38.5 Å². The average molecular weight is 552 g/mol. The van der Waals surface area contributed by atoms with Crippen molar-refractivity contribution < 1.29 is 22.7 Å². The maximum absolute atomic E-state index is 13.4. The predicted molar refractivity (Wildman–Crippen MR) is 153 cm³/mol. The number of anilines is 1. The van der Waals surface area contributed by atoms with Gasteiger partial charge in [0.15, 0.2) is 0 Å². The number of amides is 1. The number of hydrogen-bond donors (Lipinski definition) is 1. The monoisotopic (exact) mass is 551 g/mol. The lowest BCUT2D eigenvalue weighted by Crippen LogP contribution is -2.46. The van der Waals surface area contributed by atoms with E-state index < -0.39 is 10.0 Å². The summed E-state index contributed by atoms with van der Waals surface area (Å²) in [4.78, 5) is 15.6. The minimum absolute atomic E-state index is 0.0460. The molecule has 0 spiro atoms. The van der Waals surface area contributed by atoms with Crippen LogP contribution >= 0.6 is 0 Å². The van der Waals surface area contributed by atoms with Gasteiger partial charge in [0.2, 0.25) is 10.0 Å². The summed E-state index contributed by atoms with van der Waals surface area (Å²) >= 11 is 0. The Morgan fingerprint density at radius 2 is 1.82 bits per heavy atom. The fourth-order valence-corrected chi connectivity index (χ4v) is 5.96. The fourth-order valence-electron chi connectivity index (χ4n) is 4.74. The van der Waals surface area contributed by atoms with Crippen molar-refractivity contribution in [1.29, 1.82) is 0 Å². The lowest BCUT2D eigenvalue weighted by atomic mass is 10.00. The zero-order valence-electron chi connectivity index (χ0n) is 22.7. The minimum Gasteiger partial charge on any atom is -0.497 e. The molecule has 1 aliphatic rings. The average Bonchev–Trinajstić information content (AvgIpc) is 3.41. The number of hydrogen-bond acceptors (Lipinski definition) is 6. The second kappa shape index (κ2) is 13.1. The van der Waals surface area contributed by atoms with E-state index in [2.05, 4.69) is 16.3 Å². The summed E-state index contributed by atoms with van der Waals surface area (Å²) < 4.78 is 37.9. The molecule has 0 aromatic heterocycles. The standard InChI is InChI=1S/C30H37N3O5S/c1-4-16-39(35,36)32(2)26-14-9-13-25(19-26)30(34)31-28(18-23-10-6-5-7-11-23)29-21-33(22-38-29)20-24-12-8-15-27(17-24)37-3/h5-15,17,19,28-29H,4,16,18,20-22H2,1-3H3,(H,31,34)/t28-,29+/m0/s1. The van der Waals surface area contributed by atoms with E-state index in [1.165, 1.54) is 11.4 Å². The summed E-state index contributed by atoms with van der Waals surface area (Å²) in [5.74, 6) is 0.590. The van der Waals surface area contributed by atoms with E-state index in [1.54, 1.807) is 31.4 Å². The van der Waals surface area contributed by atoms with E-state index in [0.29, 0.717) is 43.9 Å². The lowest BCUT2D eigenvalue weighted by Gasteiger charge is -2.25. The molecule has 3 aromatic rings. The minimum atomic E-state index is -3.45. The van der Waals surface area contributed by atoms with Crippen LogP contribution in [0.3, 0.4) is 0 Å². The van der Waals surface area contributed by atoms with Crippen LogP contribution in [0.15, 0.2) is 78.9 Å². The van der Waals surface area contributed by atoms with Gasteiger partial charge in [0.1, 0.15) is 5.75 Å². The van der Waals surface area contributed by atoms with Crippen molar-refractivity contribution >= 4 is 21.6 Å². The van der Waals surface area contributed by atoms with Crippen LogP contribution in [-0.2, 0) is 27.7 Å². The third kappa shape index (κ3) is 7.59. The molecule has 2 atom stereocenters. The molecule has 1 heterocycles. The molecule has 0 unspecified atom stereocenters. The van der Waals surface area contributed by atoms with E-state index >= 15 is 0 Å². The van der Waals surface area contributed by atoms with Gasteiger partial charge in [0.25, 0.3) is 5.91 Å². The molecule has 9 heteroatoms. The third-order valence-electron chi connectivity index (χ3n) is 6.86. The van der Waals surface area contributed by atoms with Crippen LogP contribution in [0, 0.1) is 0 Å². The van der Waals surface area contributed by atoms with Crippen molar-refractivity contribution in [2.24, 2.45) is 0 Å². The van der Waals surface area contributed by atoms with Crippen LogP contribution in [0.4, 0.5) is 5.69 Å². The van der Waals surface area contributed by atoms with Crippen LogP contribution < -0.4 is 14.4 Å². The first kappa shape index (κ1) is 28.6. The number of carbonyl (C=O) groups is 1. The number of sulfonamides is 1. The molecule has 39 heavy (non-hydrogen) atoms. The first-order valence-corrected chi connectivity index (χ1v) is 14.8. The van der Waals surface area contributed by atoms with Gasteiger partial charge in [-0.15, -0.1) is 0 Å². The molecular formula is C30H37N3O5S. The van der Waals surface area contributed by atoms with Crippen LogP contribution in [0.5, 0.6) is 5.75 Å². The molecule has 3 aromatic carbocycles. The predicted octanol–water partition coefficient (Wildman–Crippen LogP) is 4.07. The normalized spacial score (nSPS) is 16.5. The molecule has 1 fully saturated rings. The Morgan fingerprint density at radius 1 is 1.08 bits per heavy atom. The van der Waals surface area contributed by atoms with E-state index in [4.69, 9.17) is 9.47 Å². The summed E-state index contributed by atoms with van der Waals surface area (Å²) in [7, 11) is -0.278. The second-order valence-corrected chi connectivity index (χ2v) is 11.9. The molecule has 1 amide bonds. The van der Waals surface area contributed by atoms with Crippen molar-refractivity contribution in [3.8, 4) is 5.75 Å². The van der Waals surface area contributed by atoms with Gasteiger partial charge in [-0.25, -0.2) is 8.42 Å². The van der Waals surface area contributed by atoms with Crippen LogP contribution in [0.2, 0.25) is 0 Å². The lowest BCUT2D eigenvalue weighted by molar-refractivity contribution is 0.0599. The molecular weight excluding hydrogens is 514 g/mol. The molecule has 8 nitrogen and oxygen atoms in total. The second-order valence-electron chi connectivity index (χ2n) is 9.80. The number of methoxy groups -OCH3 is 1. The van der Waals surface area contributed by atoms with Gasteiger partial charge in [0, 0.05) is 25.7 Å². The Balaban J connectivity index is 1.49. The Kier molecular flexibility index (Phi) is 9.61. The largest absolute Gasteiger partial charge is 0.497 e. The fraction of sp³-hybridized carbons (Fsp3) is 0.367. The molecule has 1 N–H and O–H groups in total. The number of nitrogens with zero attached hydrogens (tertiary/aromatic N) is 2. The van der Waals surface area contributed by atoms with Gasteiger partial charge in [-0.2, -0.15) is 0 Å². The number of rotatable bonds is 12. The summed E-state index contributed by atoms with van der Waals surface area (Å²) in [6, 6.07) is 24.4. The van der Waals surface area contributed by atoms with Crippen LogP contribution in [0.25, 0.3) is 0 Å². The van der Waals surface area contributed by atoms with Crippen molar-refractivity contribution in [3.63, 3.8) is 0 Å². The molecule has 0 aliphatic carbocycles. The topological polar surface area (TPSA) is 88.2 Å². The number of carbonyl (C=O) groups excluding carboxylic acids is 1. The summed E-state index contributed by atoms with van der Waals surface area (Å²) in [5, 5.41) is 3.18. The Hall–Kier alpha value is -3.40. The summed E-state index contributed by atoms with van der Waals surface area (Å²) in [6.07, 6.45) is 0.912. The molecule has 0 radical (unpaired) electrons. The highest BCUT2D eigenvalue weighted by molar-refractivity contribution is 7.92. The van der Waals surface area contributed by atoms with Gasteiger partial charge >= 0.3 is 0 Å². The Bertz CT molecular complexity index is 1350. The van der Waals surface area contributed by atoms with Gasteiger partial charge < -0.3 is 14.8 Å². The molecule has 208 valence electrons. The summed E-state index contributed by atoms with van der Waals surface area (Å²) in [5.41, 5.74) is 3.07. The zero-order valence-corrected chi connectivity index (χ0v) is 23.6. The van der Waals surface area contributed by atoms with E-state index in [0.717, 1.165) is 16.9 Å².